The van der Waals surface area contributed by atoms with Crippen molar-refractivity contribution in [2.24, 2.45) is 11.8 Å². The molecule has 2 aliphatic rings. The van der Waals surface area contributed by atoms with Crippen LogP contribution in [0.5, 0.6) is 0 Å². The summed E-state index contributed by atoms with van der Waals surface area (Å²) in [6.45, 7) is 0. The molecule has 0 aliphatic heterocycles. The maximum Gasteiger partial charge on any atom is 0.238 e. The van der Waals surface area contributed by atoms with Crippen molar-refractivity contribution in [3.8, 4) is 0 Å². The van der Waals surface area contributed by atoms with Gasteiger partial charge in [-0.05, 0) is 31.7 Å². The highest BCUT2D eigenvalue weighted by atomic mass is 16.2. The van der Waals surface area contributed by atoms with Crippen LogP contribution in [-0.2, 0) is 9.59 Å². The summed E-state index contributed by atoms with van der Waals surface area (Å²) in [6, 6.07) is 3.30. The Hall–Kier alpha value is -1.65. The van der Waals surface area contributed by atoms with E-state index >= 15 is 0 Å². The van der Waals surface area contributed by atoms with Gasteiger partial charge in [0, 0.05) is 18.0 Å². The summed E-state index contributed by atoms with van der Waals surface area (Å²) in [5, 5.41) is 0. The van der Waals surface area contributed by atoms with Crippen molar-refractivity contribution in [3.05, 3.63) is 18.3 Å². The lowest BCUT2D eigenvalue weighted by molar-refractivity contribution is -0.127. The van der Waals surface area contributed by atoms with E-state index in [-0.39, 0.29) is 23.7 Å². The number of hydrogen-bond acceptors (Lipinski definition) is 3. The zero-order valence-electron chi connectivity index (χ0n) is 10.0. The Labute approximate surface area is 107 Å². The third-order valence-corrected chi connectivity index (χ3v) is 3.29. The molecule has 18 heavy (non-hydrogen) atoms. The van der Waals surface area contributed by atoms with Crippen LogP contribution in [0, 0.1) is 11.8 Å². The number of amides is 2. The van der Waals surface area contributed by atoms with Crippen LogP contribution in [0.4, 0.5) is 5.82 Å². The molecule has 2 radical (unpaired) electrons. The molecule has 1 aromatic heterocycles. The summed E-state index contributed by atoms with van der Waals surface area (Å²) < 4.78 is 0. The third-order valence-electron chi connectivity index (χ3n) is 3.29. The van der Waals surface area contributed by atoms with E-state index < -0.39 is 0 Å². The fourth-order valence-corrected chi connectivity index (χ4v) is 1.89. The minimum atomic E-state index is -0.107. The topological polar surface area (TPSA) is 50.3 Å². The van der Waals surface area contributed by atoms with E-state index in [1.54, 1.807) is 12.1 Å². The summed E-state index contributed by atoms with van der Waals surface area (Å²) in [6.07, 6.45) is 4.98. The van der Waals surface area contributed by atoms with E-state index in [2.05, 4.69) is 4.98 Å². The molecular formula is C13H13BN2O2. The van der Waals surface area contributed by atoms with Gasteiger partial charge in [-0.2, -0.15) is 0 Å². The van der Waals surface area contributed by atoms with E-state index in [0.717, 1.165) is 25.7 Å². The summed E-state index contributed by atoms with van der Waals surface area (Å²) >= 11 is 0. The molecule has 0 spiro atoms. The molecule has 0 bridgehead atoms. The number of aromatic nitrogens is 1. The monoisotopic (exact) mass is 240 g/mol. The minimum absolute atomic E-state index is 0.00653. The summed E-state index contributed by atoms with van der Waals surface area (Å²) in [7, 11) is 5.57. The molecule has 5 heteroatoms. The predicted molar refractivity (Wildman–Crippen MR) is 67.6 cm³/mol. The van der Waals surface area contributed by atoms with Gasteiger partial charge in [-0.1, -0.05) is 11.5 Å². The maximum absolute atomic E-state index is 12.2. The molecule has 2 fully saturated rings. The molecule has 2 amide bonds. The largest absolute Gasteiger partial charge is 0.274 e. The quantitative estimate of drug-likeness (QED) is 0.572. The first-order chi connectivity index (χ1) is 8.66. The van der Waals surface area contributed by atoms with Crippen LogP contribution in [0.3, 0.4) is 0 Å². The summed E-state index contributed by atoms with van der Waals surface area (Å²) in [4.78, 5) is 29.8. The van der Waals surface area contributed by atoms with Crippen molar-refractivity contribution in [1.29, 1.82) is 0 Å². The van der Waals surface area contributed by atoms with Crippen molar-refractivity contribution in [1.82, 2.24) is 4.98 Å². The van der Waals surface area contributed by atoms with Crippen molar-refractivity contribution in [2.45, 2.75) is 25.7 Å². The van der Waals surface area contributed by atoms with Crippen molar-refractivity contribution < 1.29 is 9.59 Å². The van der Waals surface area contributed by atoms with Gasteiger partial charge in [-0.25, -0.2) is 9.88 Å². The van der Waals surface area contributed by atoms with Crippen LogP contribution in [0.2, 0.25) is 0 Å². The molecule has 0 unspecified atom stereocenters. The molecule has 90 valence electrons. The molecule has 1 aromatic rings. The van der Waals surface area contributed by atoms with Crippen LogP contribution in [0.1, 0.15) is 25.7 Å². The smallest absolute Gasteiger partial charge is 0.238 e. The fourth-order valence-electron chi connectivity index (χ4n) is 1.89. The van der Waals surface area contributed by atoms with E-state index in [9.17, 15) is 9.59 Å². The van der Waals surface area contributed by atoms with Crippen LogP contribution < -0.4 is 10.4 Å². The number of carbonyl (C=O) groups excluding carboxylic acids is 2. The third kappa shape index (κ3) is 2.17. The van der Waals surface area contributed by atoms with Gasteiger partial charge in [0.2, 0.25) is 11.8 Å². The van der Waals surface area contributed by atoms with E-state index in [0.29, 0.717) is 11.3 Å². The number of carbonyl (C=O) groups is 2. The van der Waals surface area contributed by atoms with Crippen molar-refractivity contribution >= 4 is 30.9 Å². The number of anilines is 1. The van der Waals surface area contributed by atoms with Gasteiger partial charge in [0.1, 0.15) is 13.7 Å². The Balaban J connectivity index is 1.90. The van der Waals surface area contributed by atoms with Crippen LogP contribution in [0.15, 0.2) is 18.3 Å². The number of pyridine rings is 1. The molecule has 4 nitrogen and oxygen atoms in total. The molecule has 0 saturated heterocycles. The Morgan fingerprint density at radius 1 is 1.11 bits per heavy atom. The van der Waals surface area contributed by atoms with Crippen LogP contribution in [0.25, 0.3) is 0 Å². The highest BCUT2D eigenvalue weighted by molar-refractivity contribution is 6.32. The van der Waals surface area contributed by atoms with Crippen LogP contribution in [-0.4, -0.2) is 24.6 Å². The lowest BCUT2D eigenvalue weighted by atomic mass is 9.99. The van der Waals surface area contributed by atoms with Gasteiger partial charge in [0.25, 0.3) is 0 Å². The zero-order chi connectivity index (χ0) is 12.7. The standard InChI is InChI=1S/C13H13BN2O2/c14-10-5-6-11(15-7-10)16(12(17)8-1-2-8)13(18)9-3-4-9/h5-9H,1-4H2. The normalized spacial score (nSPS) is 18.4. The van der Waals surface area contributed by atoms with Crippen molar-refractivity contribution in [2.75, 3.05) is 4.90 Å². The number of imide groups is 1. The average Bonchev–Trinajstić information content (AvgIpc) is 3.23. The number of nitrogens with zero attached hydrogens (tertiary/aromatic N) is 2. The predicted octanol–water partition coefficient (Wildman–Crippen LogP) is 0.555. The molecule has 0 N–H and O–H groups in total. The van der Waals surface area contributed by atoms with Gasteiger partial charge < -0.3 is 0 Å². The Morgan fingerprint density at radius 2 is 1.67 bits per heavy atom. The first-order valence-electron chi connectivity index (χ1n) is 6.26. The summed E-state index contributed by atoms with van der Waals surface area (Å²) in [5.41, 5.74) is 0.524. The Morgan fingerprint density at radius 3 is 2.06 bits per heavy atom. The maximum atomic E-state index is 12.2. The summed E-state index contributed by atoms with van der Waals surface area (Å²) in [5.74, 6) is 0.199. The molecule has 1 heterocycles. The molecule has 2 aliphatic carbocycles. The van der Waals surface area contributed by atoms with Gasteiger partial charge in [0.05, 0.1) is 0 Å². The lowest BCUT2D eigenvalue weighted by Gasteiger charge is -2.19. The molecule has 0 atom stereocenters. The highest BCUT2D eigenvalue weighted by Gasteiger charge is 2.42. The van der Waals surface area contributed by atoms with Crippen LogP contribution >= 0.6 is 0 Å². The molecule has 0 aromatic carbocycles. The SMILES string of the molecule is [B]c1ccc(N(C(=O)C2CC2)C(=O)C2CC2)nc1. The van der Waals surface area contributed by atoms with Gasteiger partial charge in [-0.15, -0.1) is 0 Å². The van der Waals surface area contributed by atoms with E-state index in [1.807, 2.05) is 0 Å². The van der Waals surface area contributed by atoms with Crippen molar-refractivity contribution in [3.63, 3.8) is 0 Å². The minimum Gasteiger partial charge on any atom is -0.274 e. The van der Waals surface area contributed by atoms with E-state index in [1.165, 1.54) is 11.1 Å². The number of rotatable bonds is 3. The Kier molecular flexibility index (Phi) is 2.69. The van der Waals surface area contributed by atoms with Gasteiger partial charge in [0.15, 0.2) is 0 Å². The molecule has 2 saturated carbocycles. The fraction of sp³-hybridized carbons (Fsp3) is 0.462. The number of hydrogen-bond donors (Lipinski definition) is 0. The first kappa shape index (κ1) is 11.4. The second-order valence-electron chi connectivity index (χ2n) is 5.01. The molecule has 3 rings (SSSR count). The highest BCUT2D eigenvalue weighted by Crippen LogP contribution is 2.36. The second kappa shape index (κ2) is 4.23. The van der Waals surface area contributed by atoms with Gasteiger partial charge in [-0.3, -0.25) is 9.59 Å². The lowest BCUT2D eigenvalue weighted by Crippen LogP contribution is -2.39. The van der Waals surface area contributed by atoms with E-state index in [4.69, 9.17) is 7.85 Å². The average molecular weight is 240 g/mol. The second-order valence-corrected chi connectivity index (χ2v) is 5.01. The Bertz CT molecular complexity index is 468. The zero-order valence-corrected chi connectivity index (χ0v) is 10.0. The van der Waals surface area contributed by atoms with Gasteiger partial charge >= 0.3 is 0 Å². The first-order valence-corrected chi connectivity index (χ1v) is 6.26. The molecular weight excluding hydrogens is 227 g/mol.